The van der Waals surface area contributed by atoms with E-state index < -0.39 is 4.92 Å². The van der Waals surface area contributed by atoms with E-state index in [1.54, 1.807) is 33.0 Å². The van der Waals surface area contributed by atoms with Crippen LogP contribution in [0.3, 0.4) is 0 Å². The molecule has 0 spiro atoms. The monoisotopic (exact) mass is 296 g/mol. The summed E-state index contributed by atoms with van der Waals surface area (Å²) in [5.74, 6) is 0.509. The molecule has 2 heterocycles. The first-order chi connectivity index (χ1) is 9.82. The van der Waals surface area contributed by atoms with Crippen molar-refractivity contribution in [3.63, 3.8) is 0 Å². The van der Waals surface area contributed by atoms with Gasteiger partial charge in [-0.3, -0.25) is 10.1 Å². The number of aromatic nitrogens is 2. The third-order valence-corrected chi connectivity index (χ3v) is 3.58. The minimum atomic E-state index is -0.394. The van der Waals surface area contributed by atoms with E-state index in [4.69, 9.17) is 0 Å². The highest BCUT2D eigenvalue weighted by Crippen LogP contribution is 2.31. The lowest BCUT2D eigenvalue weighted by molar-refractivity contribution is -0.384. The first kappa shape index (κ1) is 15.1. The fourth-order valence-electron chi connectivity index (χ4n) is 2.60. The molecular weight excluding hydrogens is 276 g/mol. The maximum atomic E-state index is 11.9. The van der Waals surface area contributed by atoms with Crippen molar-refractivity contribution in [1.82, 2.24) is 19.6 Å². The highest BCUT2D eigenvalue weighted by molar-refractivity contribution is 5.74. The molecule has 0 atom stereocenters. The highest BCUT2D eigenvalue weighted by Gasteiger charge is 2.31. The molecule has 0 bridgehead atoms. The highest BCUT2D eigenvalue weighted by atomic mass is 16.6. The summed E-state index contributed by atoms with van der Waals surface area (Å²) in [6.45, 7) is 3.82. The normalized spacial score (nSPS) is 15.2. The van der Waals surface area contributed by atoms with E-state index in [9.17, 15) is 14.9 Å². The summed E-state index contributed by atoms with van der Waals surface area (Å²) in [5.41, 5.74) is 0.453. The van der Waals surface area contributed by atoms with E-state index in [2.05, 4.69) is 5.10 Å². The average Bonchev–Trinajstić information content (AvgIpc) is 2.72. The van der Waals surface area contributed by atoms with Gasteiger partial charge in [-0.05, 0) is 6.92 Å². The number of piperazine rings is 1. The fraction of sp³-hybridized carbons (Fsp3) is 0.667. The molecule has 1 saturated heterocycles. The third kappa shape index (κ3) is 2.76. The van der Waals surface area contributed by atoms with Gasteiger partial charge in [0.1, 0.15) is 5.69 Å². The molecule has 9 nitrogen and oxygen atoms in total. The van der Waals surface area contributed by atoms with Gasteiger partial charge in [-0.2, -0.15) is 5.10 Å². The number of anilines is 1. The molecule has 116 valence electrons. The zero-order valence-corrected chi connectivity index (χ0v) is 12.7. The summed E-state index contributed by atoms with van der Waals surface area (Å²) >= 11 is 0. The van der Waals surface area contributed by atoms with Crippen molar-refractivity contribution in [3.05, 3.63) is 15.8 Å². The van der Waals surface area contributed by atoms with Gasteiger partial charge in [0, 0.05) is 47.3 Å². The van der Waals surface area contributed by atoms with Crippen LogP contribution in [0.1, 0.15) is 5.69 Å². The second-order valence-corrected chi connectivity index (χ2v) is 5.29. The minimum absolute atomic E-state index is 0.0367. The van der Waals surface area contributed by atoms with E-state index in [-0.39, 0.29) is 11.7 Å². The van der Waals surface area contributed by atoms with E-state index in [0.717, 1.165) is 0 Å². The lowest BCUT2D eigenvalue weighted by Gasteiger charge is -2.36. The SMILES string of the molecule is Cc1nn(C)c(N2CCN(C(=O)N(C)C)CC2)c1[N+](=O)[O-]. The van der Waals surface area contributed by atoms with Crippen LogP contribution in [0.2, 0.25) is 0 Å². The Morgan fingerprint density at radius 3 is 2.33 bits per heavy atom. The lowest BCUT2D eigenvalue weighted by Crippen LogP contribution is -2.52. The fourth-order valence-corrected chi connectivity index (χ4v) is 2.60. The van der Waals surface area contributed by atoms with Crippen LogP contribution in [0.15, 0.2) is 0 Å². The lowest BCUT2D eigenvalue weighted by atomic mass is 10.3. The minimum Gasteiger partial charge on any atom is -0.348 e. The number of carbonyl (C=O) groups is 1. The van der Waals surface area contributed by atoms with Gasteiger partial charge in [-0.25, -0.2) is 9.48 Å². The van der Waals surface area contributed by atoms with Crippen molar-refractivity contribution in [3.8, 4) is 0 Å². The van der Waals surface area contributed by atoms with Crippen LogP contribution in [0.5, 0.6) is 0 Å². The molecule has 0 N–H and O–H groups in total. The van der Waals surface area contributed by atoms with E-state index in [0.29, 0.717) is 37.7 Å². The Morgan fingerprint density at radius 2 is 1.86 bits per heavy atom. The summed E-state index contributed by atoms with van der Waals surface area (Å²) in [6, 6.07) is -0.0367. The molecular formula is C12H20N6O3. The number of nitrogens with zero attached hydrogens (tertiary/aromatic N) is 6. The van der Waals surface area contributed by atoms with Crippen LogP contribution in [0.4, 0.5) is 16.3 Å². The van der Waals surface area contributed by atoms with Crippen LogP contribution >= 0.6 is 0 Å². The van der Waals surface area contributed by atoms with Crippen molar-refractivity contribution in [2.45, 2.75) is 6.92 Å². The number of urea groups is 1. The van der Waals surface area contributed by atoms with Crippen LogP contribution in [-0.2, 0) is 7.05 Å². The molecule has 0 radical (unpaired) electrons. The summed E-state index contributed by atoms with van der Waals surface area (Å²) in [7, 11) is 5.13. The smallest absolute Gasteiger partial charge is 0.333 e. The first-order valence-electron chi connectivity index (χ1n) is 6.72. The zero-order valence-electron chi connectivity index (χ0n) is 12.7. The summed E-state index contributed by atoms with van der Waals surface area (Å²) in [6.07, 6.45) is 0. The zero-order chi connectivity index (χ0) is 15.7. The van der Waals surface area contributed by atoms with E-state index in [1.807, 2.05) is 4.90 Å². The number of rotatable bonds is 2. The van der Waals surface area contributed by atoms with Crippen molar-refractivity contribution in [1.29, 1.82) is 0 Å². The Labute approximate surface area is 122 Å². The van der Waals surface area contributed by atoms with Gasteiger partial charge in [0.05, 0.1) is 4.92 Å². The van der Waals surface area contributed by atoms with Crippen molar-refractivity contribution < 1.29 is 9.72 Å². The van der Waals surface area contributed by atoms with Gasteiger partial charge in [0.25, 0.3) is 0 Å². The Hall–Kier alpha value is -2.32. The maximum absolute atomic E-state index is 11.9. The average molecular weight is 296 g/mol. The second kappa shape index (κ2) is 5.58. The molecule has 1 aromatic heterocycles. The molecule has 2 amide bonds. The Balaban J connectivity index is 2.16. The maximum Gasteiger partial charge on any atom is 0.333 e. The topological polar surface area (TPSA) is 87.8 Å². The molecule has 0 aliphatic carbocycles. The number of amides is 2. The van der Waals surface area contributed by atoms with Crippen LogP contribution < -0.4 is 4.90 Å². The Morgan fingerprint density at radius 1 is 1.29 bits per heavy atom. The molecule has 0 saturated carbocycles. The van der Waals surface area contributed by atoms with Crippen molar-refractivity contribution in [2.24, 2.45) is 7.05 Å². The summed E-state index contributed by atoms with van der Waals surface area (Å²) < 4.78 is 1.54. The molecule has 9 heteroatoms. The Bertz CT molecular complexity index is 560. The first-order valence-corrected chi connectivity index (χ1v) is 6.72. The van der Waals surface area contributed by atoms with Crippen molar-refractivity contribution in [2.75, 3.05) is 45.2 Å². The van der Waals surface area contributed by atoms with E-state index >= 15 is 0 Å². The molecule has 0 unspecified atom stereocenters. The van der Waals surface area contributed by atoms with Gasteiger partial charge < -0.3 is 14.7 Å². The molecule has 1 aliphatic rings. The number of nitro groups is 1. The van der Waals surface area contributed by atoms with E-state index in [1.165, 1.54) is 9.58 Å². The van der Waals surface area contributed by atoms with Crippen molar-refractivity contribution >= 4 is 17.5 Å². The van der Waals surface area contributed by atoms with Crippen LogP contribution in [-0.4, -0.2) is 70.8 Å². The predicted molar refractivity (Wildman–Crippen MR) is 77.5 cm³/mol. The molecule has 1 fully saturated rings. The van der Waals surface area contributed by atoms with Gasteiger partial charge in [0.15, 0.2) is 0 Å². The quantitative estimate of drug-likeness (QED) is 0.584. The molecule has 0 aromatic carbocycles. The largest absolute Gasteiger partial charge is 0.348 e. The molecule has 1 aromatic rings. The van der Waals surface area contributed by atoms with Crippen LogP contribution in [0, 0.1) is 17.0 Å². The molecule has 21 heavy (non-hydrogen) atoms. The standard InChI is InChI=1S/C12H20N6O3/c1-9-10(18(20)21)11(15(4)13-9)16-5-7-17(8-6-16)12(19)14(2)3/h5-8H2,1-4H3. The molecule has 1 aliphatic heterocycles. The summed E-state index contributed by atoms with van der Waals surface area (Å²) in [4.78, 5) is 27.9. The van der Waals surface area contributed by atoms with Gasteiger partial charge in [-0.15, -0.1) is 0 Å². The third-order valence-electron chi connectivity index (χ3n) is 3.58. The predicted octanol–water partition coefficient (Wildman–Crippen LogP) is 0.440. The number of aryl methyl sites for hydroxylation is 2. The summed E-state index contributed by atoms with van der Waals surface area (Å²) in [5, 5.41) is 15.3. The second-order valence-electron chi connectivity index (χ2n) is 5.29. The Kier molecular flexibility index (Phi) is 4.01. The number of hydrogen-bond donors (Lipinski definition) is 0. The molecule has 2 rings (SSSR count). The van der Waals surface area contributed by atoms with Gasteiger partial charge >= 0.3 is 11.7 Å². The van der Waals surface area contributed by atoms with Gasteiger partial charge in [-0.1, -0.05) is 0 Å². The number of hydrogen-bond acceptors (Lipinski definition) is 5. The van der Waals surface area contributed by atoms with Gasteiger partial charge in [0.2, 0.25) is 5.82 Å². The van der Waals surface area contributed by atoms with Crippen LogP contribution in [0.25, 0.3) is 0 Å². The number of carbonyl (C=O) groups excluding carboxylic acids is 1.